The SMILES string of the molecule is COC(=O)c1ccc(CN2CC(=O)N(C3CCCCC3)CC(OCc3ccccn3)C2)cc1. The zero-order chi connectivity index (χ0) is 23.0. The number of esters is 1. The van der Waals surface area contributed by atoms with Crippen molar-refractivity contribution in [3.8, 4) is 0 Å². The molecule has 7 nitrogen and oxygen atoms in total. The van der Waals surface area contributed by atoms with Crippen molar-refractivity contribution < 1.29 is 19.1 Å². The van der Waals surface area contributed by atoms with Gasteiger partial charge < -0.3 is 14.4 Å². The van der Waals surface area contributed by atoms with Gasteiger partial charge >= 0.3 is 5.97 Å². The summed E-state index contributed by atoms with van der Waals surface area (Å²) >= 11 is 0. The molecule has 1 saturated carbocycles. The highest BCUT2D eigenvalue weighted by molar-refractivity contribution is 5.89. The first kappa shape index (κ1) is 23.4. The number of benzene rings is 1. The van der Waals surface area contributed by atoms with E-state index in [2.05, 4.69) is 14.8 Å². The summed E-state index contributed by atoms with van der Waals surface area (Å²) in [5.74, 6) is -0.172. The van der Waals surface area contributed by atoms with E-state index >= 15 is 0 Å². The van der Waals surface area contributed by atoms with Crippen molar-refractivity contribution in [2.24, 2.45) is 0 Å². The van der Waals surface area contributed by atoms with Gasteiger partial charge in [-0.1, -0.05) is 37.5 Å². The van der Waals surface area contributed by atoms with Crippen LogP contribution in [0.25, 0.3) is 0 Å². The summed E-state index contributed by atoms with van der Waals surface area (Å²) in [4.78, 5) is 33.6. The highest BCUT2D eigenvalue weighted by Crippen LogP contribution is 2.25. The molecule has 1 aliphatic carbocycles. The maximum Gasteiger partial charge on any atom is 0.337 e. The van der Waals surface area contributed by atoms with E-state index in [1.54, 1.807) is 18.3 Å². The molecule has 7 heteroatoms. The maximum absolute atomic E-state index is 13.3. The highest BCUT2D eigenvalue weighted by atomic mass is 16.5. The van der Waals surface area contributed by atoms with Crippen LogP contribution in [0.5, 0.6) is 0 Å². The summed E-state index contributed by atoms with van der Waals surface area (Å²) < 4.78 is 11.1. The lowest BCUT2D eigenvalue weighted by Crippen LogP contribution is -2.45. The van der Waals surface area contributed by atoms with Gasteiger partial charge in [-0.3, -0.25) is 14.7 Å². The predicted octanol–water partition coefficient (Wildman–Crippen LogP) is 3.43. The Kier molecular flexibility index (Phi) is 8.07. The first-order chi connectivity index (χ1) is 16.1. The fraction of sp³-hybridized carbons (Fsp3) is 0.500. The predicted molar refractivity (Wildman–Crippen MR) is 124 cm³/mol. The molecule has 1 amide bonds. The largest absolute Gasteiger partial charge is 0.465 e. The van der Waals surface area contributed by atoms with Crippen molar-refractivity contribution >= 4 is 11.9 Å². The Morgan fingerprint density at radius 1 is 1.06 bits per heavy atom. The summed E-state index contributed by atoms with van der Waals surface area (Å²) in [6.07, 6.45) is 7.46. The second-order valence-corrected chi connectivity index (χ2v) is 8.95. The van der Waals surface area contributed by atoms with Crippen LogP contribution >= 0.6 is 0 Å². The second-order valence-electron chi connectivity index (χ2n) is 8.95. The van der Waals surface area contributed by atoms with Crippen LogP contribution in [-0.4, -0.2) is 65.6 Å². The molecule has 1 aromatic heterocycles. The summed E-state index contributed by atoms with van der Waals surface area (Å²) in [5.41, 5.74) is 2.46. The lowest BCUT2D eigenvalue weighted by Gasteiger charge is -2.35. The molecule has 1 unspecified atom stereocenters. The van der Waals surface area contributed by atoms with Gasteiger partial charge in [0.05, 0.1) is 37.6 Å². The summed E-state index contributed by atoms with van der Waals surface area (Å²) in [7, 11) is 1.38. The normalized spacial score (nSPS) is 20.5. The van der Waals surface area contributed by atoms with Crippen LogP contribution < -0.4 is 0 Å². The third-order valence-electron chi connectivity index (χ3n) is 6.53. The van der Waals surface area contributed by atoms with Gasteiger partial charge in [-0.25, -0.2) is 4.79 Å². The lowest BCUT2D eigenvalue weighted by atomic mass is 9.94. The van der Waals surface area contributed by atoms with Crippen LogP contribution in [0.3, 0.4) is 0 Å². The van der Waals surface area contributed by atoms with Crippen LogP contribution in [0.4, 0.5) is 0 Å². The van der Waals surface area contributed by atoms with E-state index in [-0.39, 0.29) is 18.0 Å². The van der Waals surface area contributed by atoms with Gasteiger partial charge in [0.1, 0.15) is 0 Å². The molecule has 2 fully saturated rings. The Bertz CT molecular complexity index is 913. The summed E-state index contributed by atoms with van der Waals surface area (Å²) in [6, 6.07) is 13.5. The molecule has 1 atom stereocenters. The summed E-state index contributed by atoms with van der Waals surface area (Å²) in [5, 5.41) is 0. The molecule has 1 saturated heterocycles. The fourth-order valence-electron chi connectivity index (χ4n) is 4.79. The number of ether oxygens (including phenoxy) is 2. The van der Waals surface area contributed by atoms with Crippen molar-refractivity contribution in [1.82, 2.24) is 14.8 Å². The number of rotatable bonds is 7. The second kappa shape index (κ2) is 11.4. The van der Waals surface area contributed by atoms with Crippen LogP contribution in [0.1, 0.15) is 53.7 Å². The number of pyridine rings is 1. The Morgan fingerprint density at radius 3 is 2.55 bits per heavy atom. The zero-order valence-electron chi connectivity index (χ0n) is 19.3. The molecule has 0 radical (unpaired) electrons. The molecular formula is C26H33N3O4. The minimum Gasteiger partial charge on any atom is -0.465 e. The van der Waals surface area contributed by atoms with E-state index in [0.717, 1.165) is 24.1 Å². The Hall–Kier alpha value is -2.77. The third kappa shape index (κ3) is 6.39. The lowest BCUT2D eigenvalue weighted by molar-refractivity contribution is -0.135. The van der Waals surface area contributed by atoms with Crippen LogP contribution in [-0.2, 0) is 27.4 Å². The molecule has 0 spiro atoms. The van der Waals surface area contributed by atoms with Crippen molar-refractivity contribution in [3.63, 3.8) is 0 Å². The number of amides is 1. The molecule has 33 heavy (non-hydrogen) atoms. The molecule has 4 rings (SSSR count). The van der Waals surface area contributed by atoms with E-state index in [9.17, 15) is 9.59 Å². The van der Waals surface area contributed by atoms with Crippen molar-refractivity contribution in [2.45, 2.75) is 57.4 Å². The molecule has 2 aliphatic rings. The Balaban J connectivity index is 1.46. The van der Waals surface area contributed by atoms with Gasteiger partial charge in [0.15, 0.2) is 0 Å². The third-order valence-corrected chi connectivity index (χ3v) is 6.53. The van der Waals surface area contributed by atoms with E-state index in [1.807, 2.05) is 30.3 Å². The minimum absolute atomic E-state index is 0.0882. The Labute approximate surface area is 195 Å². The molecule has 176 valence electrons. The van der Waals surface area contributed by atoms with E-state index in [0.29, 0.717) is 44.4 Å². The molecular weight excluding hydrogens is 418 g/mol. The highest BCUT2D eigenvalue weighted by Gasteiger charge is 2.33. The maximum atomic E-state index is 13.3. The monoisotopic (exact) mass is 451 g/mol. The first-order valence-corrected chi connectivity index (χ1v) is 11.8. The van der Waals surface area contributed by atoms with E-state index < -0.39 is 0 Å². The van der Waals surface area contributed by atoms with Crippen molar-refractivity contribution in [1.29, 1.82) is 0 Å². The van der Waals surface area contributed by atoms with Gasteiger partial charge in [0, 0.05) is 31.9 Å². The van der Waals surface area contributed by atoms with Gasteiger partial charge in [0.25, 0.3) is 0 Å². The fourth-order valence-corrected chi connectivity index (χ4v) is 4.79. The summed E-state index contributed by atoms with van der Waals surface area (Å²) in [6.45, 7) is 2.71. The van der Waals surface area contributed by atoms with Gasteiger partial charge in [-0.05, 0) is 42.7 Å². The van der Waals surface area contributed by atoms with Gasteiger partial charge in [0.2, 0.25) is 5.91 Å². The Morgan fingerprint density at radius 2 is 1.85 bits per heavy atom. The van der Waals surface area contributed by atoms with Gasteiger partial charge in [-0.2, -0.15) is 0 Å². The topological polar surface area (TPSA) is 72.0 Å². The average molecular weight is 452 g/mol. The zero-order valence-corrected chi connectivity index (χ0v) is 19.3. The van der Waals surface area contributed by atoms with Crippen LogP contribution in [0, 0.1) is 0 Å². The molecule has 1 aromatic carbocycles. The smallest absolute Gasteiger partial charge is 0.337 e. The van der Waals surface area contributed by atoms with Gasteiger partial charge in [-0.15, -0.1) is 0 Å². The van der Waals surface area contributed by atoms with Crippen molar-refractivity contribution in [2.75, 3.05) is 26.7 Å². The van der Waals surface area contributed by atoms with E-state index in [1.165, 1.54) is 26.4 Å². The number of nitrogens with zero attached hydrogens (tertiary/aromatic N) is 3. The van der Waals surface area contributed by atoms with Crippen molar-refractivity contribution in [3.05, 3.63) is 65.5 Å². The molecule has 2 aromatic rings. The number of hydrogen-bond donors (Lipinski definition) is 0. The first-order valence-electron chi connectivity index (χ1n) is 11.8. The molecule has 0 N–H and O–H groups in total. The van der Waals surface area contributed by atoms with Crippen LogP contribution in [0.15, 0.2) is 48.7 Å². The molecule has 1 aliphatic heterocycles. The van der Waals surface area contributed by atoms with Crippen LogP contribution in [0.2, 0.25) is 0 Å². The number of carbonyl (C=O) groups is 2. The number of hydrogen-bond acceptors (Lipinski definition) is 6. The quantitative estimate of drug-likeness (QED) is 0.601. The average Bonchev–Trinajstić information content (AvgIpc) is 3.02. The number of methoxy groups -OCH3 is 1. The minimum atomic E-state index is -0.349. The molecule has 0 bridgehead atoms. The number of aromatic nitrogens is 1. The van der Waals surface area contributed by atoms with E-state index in [4.69, 9.17) is 9.47 Å². The molecule has 2 heterocycles. The number of carbonyl (C=O) groups excluding carboxylic acids is 2. The standard InChI is InChI=1S/C26H33N3O4/c1-32-26(31)21-12-10-20(11-13-21)15-28-16-24(33-19-22-7-5-6-14-27-22)17-29(25(30)18-28)23-8-3-2-4-9-23/h5-7,10-14,23-24H,2-4,8-9,15-19H2,1H3.